The monoisotopic (exact) mass is 527 g/mol. The van der Waals surface area contributed by atoms with E-state index in [2.05, 4.69) is 23.7 Å². The van der Waals surface area contributed by atoms with E-state index in [0.717, 1.165) is 31.6 Å². The fourth-order valence-corrected chi connectivity index (χ4v) is 5.47. The molecule has 38 heavy (non-hydrogen) atoms. The number of benzene rings is 1. The Hall–Kier alpha value is -3.20. The van der Waals surface area contributed by atoms with E-state index in [-0.39, 0.29) is 22.8 Å². The van der Waals surface area contributed by atoms with E-state index in [1.807, 2.05) is 22.7 Å². The zero-order valence-electron chi connectivity index (χ0n) is 22.2. The third-order valence-electron chi connectivity index (χ3n) is 7.54. The smallest absolute Gasteiger partial charge is 0.387 e. The van der Waals surface area contributed by atoms with Crippen molar-refractivity contribution in [2.45, 2.75) is 71.1 Å². The maximum Gasteiger partial charge on any atom is 0.387 e. The first-order chi connectivity index (χ1) is 18.3. The van der Waals surface area contributed by atoms with Crippen molar-refractivity contribution in [1.29, 1.82) is 0 Å². The number of alkyl halides is 2. The molecular weight excluding hydrogens is 492 g/mol. The summed E-state index contributed by atoms with van der Waals surface area (Å²) < 4.78 is 44.8. The average Bonchev–Trinajstić information content (AvgIpc) is 3.39. The van der Waals surface area contributed by atoms with Crippen LogP contribution in [0.15, 0.2) is 36.7 Å². The summed E-state index contributed by atoms with van der Waals surface area (Å²) in [6.45, 7) is 3.18. The van der Waals surface area contributed by atoms with Gasteiger partial charge in [0.25, 0.3) is 0 Å². The Morgan fingerprint density at radius 3 is 2.66 bits per heavy atom. The van der Waals surface area contributed by atoms with Crippen molar-refractivity contribution < 1.29 is 27.8 Å². The Balaban J connectivity index is 1.37. The van der Waals surface area contributed by atoms with Crippen molar-refractivity contribution in [3.63, 3.8) is 0 Å². The number of nitrogens with zero attached hydrogens (tertiary/aromatic N) is 3. The molecule has 5 rings (SSSR count). The number of halogens is 2. The minimum atomic E-state index is -3.07. The van der Waals surface area contributed by atoms with Gasteiger partial charge in [0, 0.05) is 36.3 Å². The maximum atomic E-state index is 13.3. The number of ether oxygens (including phenoxy) is 3. The van der Waals surface area contributed by atoms with Crippen LogP contribution in [0.1, 0.15) is 62.7 Å². The summed E-state index contributed by atoms with van der Waals surface area (Å²) in [5, 5.41) is 0. The average molecular weight is 528 g/mol. The van der Waals surface area contributed by atoms with Crippen LogP contribution in [0.5, 0.6) is 17.2 Å². The highest BCUT2D eigenvalue weighted by Gasteiger charge is 2.30. The number of fused-ring (bicyclic) bond motifs is 1. The normalized spacial score (nSPS) is 18.0. The molecule has 2 fully saturated rings. The fraction of sp³-hybridized carbons (Fsp3) is 0.517. The van der Waals surface area contributed by atoms with Gasteiger partial charge in [-0.25, -0.2) is 4.98 Å². The van der Waals surface area contributed by atoms with Crippen molar-refractivity contribution in [1.82, 2.24) is 14.3 Å². The topological polar surface area (TPSA) is 65.3 Å². The predicted molar refractivity (Wildman–Crippen MR) is 140 cm³/mol. The lowest BCUT2D eigenvalue weighted by Crippen LogP contribution is -2.36. The lowest BCUT2D eigenvalue weighted by molar-refractivity contribution is -0.0502. The number of carbonyl (C=O) groups is 1. The van der Waals surface area contributed by atoms with Gasteiger partial charge in [0.05, 0.1) is 25.6 Å². The number of carbonyl (C=O) groups excluding carboxylic acids is 1. The van der Waals surface area contributed by atoms with E-state index < -0.39 is 6.61 Å². The van der Waals surface area contributed by atoms with Gasteiger partial charge in [-0.2, -0.15) is 8.78 Å². The highest BCUT2D eigenvalue weighted by Crippen LogP contribution is 2.40. The molecule has 1 aliphatic carbocycles. The molecule has 7 nitrogen and oxygen atoms in total. The van der Waals surface area contributed by atoms with Crippen molar-refractivity contribution in [3.8, 4) is 28.5 Å². The highest BCUT2D eigenvalue weighted by molar-refractivity contribution is 6.02. The molecule has 1 saturated carbocycles. The molecule has 2 aromatic heterocycles. The number of hydrogen-bond donors (Lipinski definition) is 0. The van der Waals surface area contributed by atoms with Crippen LogP contribution in [-0.2, 0) is 0 Å². The van der Waals surface area contributed by atoms with Crippen LogP contribution in [0, 0.1) is 5.92 Å². The third-order valence-corrected chi connectivity index (χ3v) is 7.54. The molecule has 2 aliphatic rings. The first kappa shape index (κ1) is 26.4. The van der Waals surface area contributed by atoms with Crippen molar-refractivity contribution >= 4 is 11.4 Å². The van der Waals surface area contributed by atoms with E-state index in [1.165, 1.54) is 26.0 Å². The number of likely N-dealkylation sites (tertiary alicyclic amines) is 1. The number of hydrogen-bond acceptors (Lipinski definition) is 6. The molecule has 0 N–H and O–H groups in total. The molecule has 0 bridgehead atoms. The Labute approximate surface area is 221 Å². The number of imidazole rings is 1. The lowest BCUT2D eigenvalue weighted by atomic mass is 10.00. The quantitative estimate of drug-likeness (QED) is 0.260. The SMILES string of the molecule is COc1cc(-c2cnc3cc(OCCC4CCCN4C(C)C)ccn23)cc(OC(F)F)c1C(=O)CC1CC1. The molecule has 3 aromatic rings. The molecule has 1 unspecified atom stereocenters. The van der Waals surface area contributed by atoms with Crippen LogP contribution in [0.2, 0.25) is 0 Å². The van der Waals surface area contributed by atoms with E-state index in [9.17, 15) is 13.6 Å². The molecule has 9 heteroatoms. The molecule has 0 spiro atoms. The van der Waals surface area contributed by atoms with Gasteiger partial charge in [0.2, 0.25) is 0 Å². The molecule has 204 valence electrons. The van der Waals surface area contributed by atoms with Gasteiger partial charge < -0.3 is 14.2 Å². The Kier molecular flexibility index (Phi) is 7.83. The van der Waals surface area contributed by atoms with Gasteiger partial charge in [-0.3, -0.25) is 14.1 Å². The van der Waals surface area contributed by atoms with Gasteiger partial charge in [-0.1, -0.05) is 0 Å². The lowest BCUT2D eigenvalue weighted by Gasteiger charge is -2.28. The summed E-state index contributed by atoms with van der Waals surface area (Å²) in [6.07, 6.45) is 9.15. The van der Waals surface area contributed by atoms with Crippen LogP contribution < -0.4 is 14.2 Å². The number of methoxy groups -OCH3 is 1. The van der Waals surface area contributed by atoms with Gasteiger partial charge in [-0.15, -0.1) is 0 Å². The van der Waals surface area contributed by atoms with Crippen molar-refractivity contribution in [3.05, 3.63) is 42.2 Å². The van der Waals surface area contributed by atoms with Crippen LogP contribution in [0.3, 0.4) is 0 Å². The van der Waals surface area contributed by atoms with Crippen molar-refractivity contribution in [2.75, 3.05) is 20.3 Å². The van der Waals surface area contributed by atoms with E-state index in [0.29, 0.717) is 47.9 Å². The van der Waals surface area contributed by atoms with Crippen molar-refractivity contribution in [2.24, 2.45) is 5.92 Å². The molecule has 1 aliphatic heterocycles. The second kappa shape index (κ2) is 11.3. The second-order valence-corrected chi connectivity index (χ2v) is 10.5. The van der Waals surface area contributed by atoms with Crippen LogP contribution in [-0.4, -0.2) is 59.0 Å². The van der Waals surface area contributed by atoms with Gasteiger partial charge in [0.15, 0.2) is 5.78 Å². The van der Waals surface area contributed by atoms with Gasteiger partial charge >= 0.3 is 6.61 Å². The molecule has 0 amide bonds. The first-order valence-electron chi connectivity index (χ1n) is 13.4. The molecule has 1 aromatic carbocycles. The minimum absolute atomic E-state index is 0.0613. The van der Waals surface area contributed by atoms with Crippen LogP contribution in [0.25, 0.3) is 16.9 Å². The standard InChI is InChI=1S/C29H35F2N3O4/c1-18(2)33-10-4-5-21(33)9-12-37-22-8-11-34-23(17-32-27(34)16-22)20-14-25(36-3)28(24(35)13-19-6-7-19)26(15-20)38-29(30)31/h8,11,14-19,21,29H,4-7,9-10,12-13H2,1-3H3. The molecule has 1 atom stereocenters. The predicted octanol–water partition coefficient (Wildman–Crippen LogP) is 6.24. The van der Waals surface area contributed by atoms with Gasteiger partial charge in [-0.05, 0) is 76.6 Å². The fourth-order valence-electron chi connectivity index (χ4n) is 5.47. The summed E-state index contributed by atoms with van der Waals surface area (Å²) in [5.41, 5.74) is 1.93. The summed E-state index contributed by atoms with van der Waals surface area (Å²) in [6, 6.07) is 7.96. The zero-order valence-corrected chi connectivity index (χ0v) is 22.2. The summed E-state index contributed by atoms with van der Waals surface area (Å²) >= 11 is 0. The van der Waals surface area contributed by atoms with Crippen LogP contribution in [0.4, 0.5) is 8.78 Å². The van der Waals surface area contributed by atoms with Gasteiger partial charge in [0.1, 0.15) is 28.5 Å². The molecule has 1 saturated heterocycles. The largest absolute Gasteiger partial charge is 0.496 e. The number of rotatable bonds is 12. The van der Waals surface area contributed by atoms with E-state index in [4.69, 9.17) is 14.2 Å². The van der Waals surface area contributed by atoms with Crippen LogP contribution >= 0.6 is 0 Å². The molecule has 0 radical (unpaired) electrons. The summed E-state index contributed by atoms with van der Waals surface area (Å²) in [5.74, 6) is 0.803. The number of ketones is 1. The third kappa shape index (κ3) is 5.77. The Morgan fingerprint density at radius 2 is 1.95 bits per heavy atom. The number of Topliss-reactive ketones (excluding diaryl/α,β-unsaturated/α-hetero) is 1. The maximum absolute atomic E-state index is 13.3. The Bertz CT molecular complexity index is 1290. The molecule has 3 heterocycles. The highest BCUT2D eigenvalue weighted by atomic mass is 19.3. The number of aromatic nitrogens is 2. The van der Waals surface area contributed by atoms with E-state index >= 15 is 0 Å². The van der Waals surface area contributed by atoms with E-state index in [1.54, 1.807) is 12.3 Å². The molecular formula is C29H35F2N3O4. The Morgan fingerprint density at radius 1 is 1.16 bits per heavy atom. The zero-order chi connectivity index (χ0) is 26.8. The minimum Gasteiger partial charge on any atom is -0.496 e. The summed E-state index contributed by atoms with van der Waals surface area (Å²) in [4.78, 5) is 20.0. The summed E-state index contributed by atoms with van der Waals surface area (Å²) in [7, 11) is 1.42. The first-order valence-corrected chi connectivity index (χ1v) is 13.4. The number of pyridine rings is 1. The second-order valence-electron chi connectivity index (χ2n) is 10.5.